The Hall–Kier alpha value is -1.31. The fourth-order valence-electron chi connectivity index (χ4n) is 0.705. The van der Waals surface area contributed by atoms with Crippen LogP contribution in [0.2, 0.25) is 0 Å². The Labute approximate surface area is 97.0 Å². The number of rotatable bonds is 4. The smallest absolute Gasteiger partial charge is 0.430 e. The number of carboxylic acids is 2. The molecule has 0 amide bonds. The number of quaternary nitrogens is 1. The maximum absolute atomic E-state index is 10.5. The number of hydrogen-bond donors (Lipinski definition) is 1. The third-order valence-corrected chi connectivity index (χ3v) is 1.45. The van der Waals surface area contributed by atoms with Crippen molar-refractivity contribution in [2.24, 2.45) is 0 Å². The van der Waals surface area contributed by atoms with Gasteiger partial charge in [0.1, 0.15) is 5.97 Å². The van der Waals surface area contributed by atoms with Gasteiger partial charge in [0.05, 0.1) is 34.1 Å². The van der Waals surface area contributed by atoms with Gasteiger partial charge in [-0.3, -0.25) is 4.79 Å². The van der Waals surface area contributed by atoms with Gasteiger partial charge in [-0.15, -0.1) is 0 Å². The van der Waals surface area contributed by atoms with Crippen LogP contribution in [0.3, 0.4) is 0 Å². The Morgan fingerprint density at radius 2 is 1.59 bits per heavy atom. The normalized spacial score (nSPS) is 11.4. The molecule has 0 unspecified atom stereocenters. The fraction of sp³-hybridized carbons (Fsp3) is 0.778. The lowest BCUT2D eigenvalue weighted by atomic mass is 10.3. The van der Waals surface area contributed by atoms with Crippen LogP contribution in [-0.2, 0) is 9.59 Å². The van der Waals surface area contributed by atoms with Gasteiger partial charge < -0.3 is 19.5 Å². The number of aliphatic carboxylic acids is 2. The Balaban J connectivity index is 0. The molecule has 1 N–H and O–H groups in total. The third kappa shape index (κ3) is 17.3. The van der Waals surface area contributed by atoms with E-state index in [4.69, 9.17) is 15.0 Å². The summed E-state index contributed by atoms with van der Waals surface area (Å²) in [5, 5.41) is 17.1. The molecule has 0 rings (SSSR count). The molecular formula is C9H16F3NO4. The van der Waals surface area contributed by atoms with Crippen molar-refractivity contribution in [2.75, 3.05) is 27.7 Å². The Kier molecular flexibility index (Phi) is 7.55. The molecule has 102 valence electrons. The van der Waals surface area contributed by atoms with Crippen LogP contribution in [0.15, 0.2) is 0 Å². The van der Waals surface area contributed by atoms with Crippen LogP contribution < -0.4 is 5.11 Å². The van der Waals surface area contributed by atoms with E-state index in [0.29, 0.717) is 0 Å². The number of halogens is 3. The van der Waals surface area contributed by atoms with Gasteiger partial charge in [-0.25, -0.2) is 0 Å². The number of alkyl halides is 3. The summed E-state index contributed by atoms with van der Waals surface area (Å²) in [6.45, 7) is 0.923. The van der Waals surface area contributed by atoms with E-state index in [1.54, 1.807) is 0 Å². The van der Waals surface area contributed by atoms with Crippen LogP contribution in [0.1, 0.15) is 12.8 Å². The second kappa shape index (κ2) is 7.10. The van der Waals surface area contributed by atoms with Crippen molar-refractivity contribution in [3.63, 3.8) is 0 Å². The van der Waals surface area contributed by atoms with Gasteiger partial charge in [-0.2, -0.15) is 13.2 Å². The molecule has 0 aromatic rings. The van der Waals surface area contributed by atoms with E-state index in [2.05, 4.69) is 21.1 Å². The molecule has 0 aliphatic heterocycles. The second-order valence-electron chi connectivity index (χ2n) is 4.30. The summed E-state index contributed by atoms with van der Waals surface area (Å²) in [6, 6.07) is 0. The van der Waals surface area contributed by atoms with Crippen molar-refractivity contribution in [3.8, 4) is 0 Å². The Morgan fingerprint density at radius 1 is 1.24 bits per heavy atom. The predicted octanol–water partition coefficient (Wildman–Crippen LogP) is -0.144. The first-order chi connectivity index (χ1) is 7.36. The first-order valence-electron chi connectivity index (χ1n) is 4.66. The van der Waals surface area contributed by atoms with Crippen molar-refractivity contribution in [2.45, 2.75) is 19.0 Å². The first-order valence-corrected chi connectivity index (χ1v) is 4.66. The summed E-state index contributed by atoms with van der Waals surface area (Å²) in [7, 11) is 6.17. The highest BCUT2D eigenvalue weighted by molar-refractivity contribution is 5.70. The SMILES string of the molecule is C[N+](C)(C)CCCC(=O)O.O=C([O-])C(F)(F)F. The summed E-state index contributed by atoms with van der Waals surface area (Å²) in [6.07, 6.45) is -4.14. The molecule has 0 heterocycles. The molecule has 0 aromatic carbocycles. The third-order valence-electron chi connectivity index (χ3n) is 1.45. The molecule has 0 radical (unpaired) electrons. The summed E-state index contributed by atoms with van der Waals surface area (Å²) in [4.78, 5) is 18.9. The Morgan fingerprint density at radius 3 is 1.76 bits per heavy atom. The minimum absolute atomic E-state index is 0.287. The summed E-state index contributed by atoms with van der Waals surface area (Å²) >= 11 is 0. The highest BCUT2D eigenvalue weighted by Crippen LogP contribution is 2.11. The van der Waals surface area contributed by atoms with Crippen molar-refractivity contribution in [1.29, 1.82) is 0 Å². The topological polar surface area (TPSA) is 77.4 Å². The molecule has 5 nitrogen and oxygen atoms in total. The monoisotopic (exact) mass is 259 g/mol. The predicted molar refractivity (Wildman–Crippen MR) is 50.8 cm³/mol. The van der Waals surface area contributed by atoms with Crippen LogP contribution in [0.4, 0.5) is 13.2 Å². The van der Waals surface area contributed by atoms with Gasteiger partial charge in [-0.05, 0) is 0 Å². The fourth-order valence-corrected chi connectivity index (χ4v) is 0.705. The summed E-state index contributed by atoms with van der Waals surface area (Å²) in [5.41, 5.74) is 0. The molecule has 0 aliphatic rings. The van der Waals surface area contributed by atoms with Crippen molar-refractivity contribution in [1.82, 2.24) is 0 Å². The summed E-state index contributed by atoms with van der Waals surface area (Å²) in [5.74, 6) is -3.71. The number of carbonyl (C=O) groups is 2. The lowest BCUT2D eigenvalue weighted by Crippen LogP contribution is -2.37. The maximum Gasteiger partial charge on any atom is 0.430 e. The second-order valence-corrected chi connectivity index (χ2v) is 4.30. The lowest BCUT2D eigenvalue weighted by Gasteiger charge is -2.23. The number of hydrogen-bond acceptors (Lipinski definition) is 3. The van der Waals surface area contributed by atoms with Crippen molar-refractivity contribution in [3.05, 3.63) is 0 Å². The quantitative estimate of drug-likeness (QED) is 0.713. The molecule has 8 heteroatoms. The zero-order valence-electron chi connectivity index (χ0n) is 9.87. The number of nitrogens with zero attached hydrogens (tertiary/aromatic N) is 1. The van der Waals surface area contributed by atoms with Gasteiger partial charge >= 0.3 is 12.1 Å². The molecule has 0 saturated carbocycles. The maximum atomic E-state index is 10.5. The molecule has 0 fully saturated rings. The standard InChI is InChI=1S/C7H15NO2.C2HF3O2/c1-8(2,3)6-4-5-7(9)10;3-2(4,5)1(6)7/h4-6H2,1-3H3;(H,6,7). The zero-order valence-corrected chi connectivity index (χ0v) is 9.87. The Bertz CT molecular complexity index is 258. The molecule has 17 heavy (non-hydrogen) atoms. The number of carboxylic acid groups (broad SMARTS) is 2. The van der Waals surface area contributed by atoms with E-state index >= 15 is 0 Å². The van der Waals surface area contributed by atoms with E-state index in [-0.39, 0.29) is 6.42 Å². The van der Waals surface area contributed by atoms with Crippen LogP contribution in [0, 0.1) is 0 Å². The van der Waals surface area contributed by atoms with E-state index in [1.807, 2.05) is 0 Å². The largest absolute Gasteiger partial charge is 0.542 e. The van der Waals surface area contributed by atoms with E-state index in [1.165, 1.54) is 0 Å². The van der Waals surface area contributed by atoms with Crippen LogP contribution in [-0.4, -0.2) is 55.4 Å². The van der Waals surface area contributed by atoms with Crippen LogP contribution in [0.5, 0.6) is 0 Å². The van der Waals surface area contributed by atoms with Gasteiger partial charge in [0.25, 0.3) is 0 Å². The van der Waals surface area contributed by atoms with E-state index in [0.717, 1.165) is 17.4 Å². The molecule has 0 aliphatic carbocycles. The van der Waals surface area contributed by atoms with Gasteiger partial charge in [0.2, 0.25) is 0 Å². The van der Waals surface area contributed by atoms with Crippen LogP contribution in [0.25, 0.3) is 0 Å². The number of carbonyl (C=O) groups excluding carboxylic acids is 1. The highest BCUT2D eigenvalue weighted by atomic mass is 19.4. The highest BCUT2D eigenvalue weighted by Gasteiger charge is 2.28. The molecule has 0 saturated heterocycles. The zero-order chi connectivity index (χ0) is 14.3. The van der Waals surface area contributed by atoms with Gasteiger partial charge in [-0.1, -0.05) is 0 Å². The van der Waals surface area contributed by atoms with E-state index < -0.39 is 18.1 Å². The van der Waals surface area contributed by atoms with E-state index in [9.17, 15) is 18.0 Å². The van der Waals surface area contributed by atoms with Crippen molar-refractivity contribution < 1.29 is 37.5 Å². The average Bonchev–Trinajstić information content (AvgIpc) is 1.99. The van der Waals surface area contributed by atoms with Crippen LogP contribution >= 0.6 is 0 Å². The minimum Gasteiger partial charge on any atom is -0.542 e. The lowest BCUT2D eigenvalue weighted by molar-refractivity contribution is -0.870. The molecule has 0 aromatic heterocycles. The first kappa shape index (κ1) is 18.1. The molecular weight excluding hydrogens is 243 g/mol. The van der Waals surface area contributed by atoms with Crippen molar-refractivity contribution >= 4 is 11.9 Å². The minimum atomic E-state index is -5.19. The molecule has 0 atom stereocenters. The molecule has 0 spiro atoms. The molecule has 0 bridgehead atoms. The van der Waals surface area contributed by atoms with Gasteiger partial charge in [0.15, 0.2) is 0 Å². The average molecular weight is 259 g/mol. The summed E-state index contributed by atoms with van der Waals surface area (Å²) < 4.78 is 32.4. The van der Waals surface area contributed by atoms with Gasteiger partial charge in [0, 0.05) is 6.42 Å².